The third-order valence-corrected chi connectivity index (χ3v) is 2.01. The van der Waals surface area contributed by atoms with Crippen molar-refractivity contribution in [3.05, 3.63) is 18.6 Å². The van der Waals surface area contributed by atoms with Crippen LogP contribution < -0.4 is 5.32 Å². The molecule has 0 spiro atoms. The summed E-state index contributed by atoms with van der Waals surface area (Å²) in [4.78, 5) is 11.2. The molecule has 3 N–H and O–H groups in total. The van der Waals surface area contributed by atoms with Gasteiger partial charge in [-0.3, -0.25) is 0 Å². The summed E-state index contributed by atoms with van der Waals surface area (Å²) in [5, 5.41) is 12.9. The molecule has 5 nitrogen and oxygen atoms in total. The van der Waals surface area contributed by atoms with Crippen molar-refractivity contribution in [1.29, 1.82) is 0 Å². The van der Waals surface area contributed by atoms with Crippen molar-refractivity contribution in [3.63, 3.8) is 0 Å². The monoisotopic (exact) mass is 192 g/mol. The van der Waals surface area contributed by atoms with Crippen LogP contribution in [0.3, 0.4) is 0 Å². The maximum absolute atomic E-state index is 8.91. The van der Waals surface area contributed by atoms with E-state index < -0.39 is 0 Å². The highest BCUT2D eigenvalue weighted by molar-refractivity contribution is 5.86. The van der Waals surface area contributed by atoms with E-state index in [0.29, 0.717) is 0 Å². The minimum absolute atomic E-state index is 0.0111. The molecule has 0 aromatic carbocycles. The Balaban J connectivity index is 2.36. The van der Waals surface area contributed by atoms with E-state index in [1.807, 2.05) is 19.2 Å². The number of aliphatic hydroxyl groups excluding tert-OH is 1. The Kier molecular flexibility index (Phi) is 2.32. The van der Waals surface area contributed by atoms with E-state index in [4.69, 9.17) is 5.11 Å². The van der Waals surface area contributed by atoms with E-state index in [1.54, 1.807) is 0 Å². The Hall–Kier alpha value is -1.62. The highest BCUT2D eigenvalue weighted by Gasteiger charge is 2.06. The van der Waals surface area contributed by atoms with E-state index in [9.17, 15) is 0 Å². The molecule has 0 aliphatic rings. The zero-order valence-electron chi connectivity index (χ0n) is 7.86. The van der Waals surface area contributed by atoms with Crippen LogP contribution in [0.25, 0.3) is 11.0 Å². The van der Waals surface area contributed by atoms with E-state index in [2.05, 4.69) is 20.3 Å². The Morgan fingerprint density at radius 2 is 2.43 bits per heavy atom. The molecular formula is C9H12N4O. The molecule has 2 aromatic rings. The maximum atomic E-state index is 8.91. The number of fused-ring (bicyclic) bond motifs is 1. The Morgan fingerprint density at radius 1 is 1.57 bits per heavy atom. The van der Waals surface area contributed by atoms with Crippen molar-refractivity contribution in [2.24, 2.45) is 0 Å². The lowest BCUT2D eigenvalue weighted by molar-refractivity contribution is 0.281. The summed E-state index contributed by atoms with van der Waals surface area (Å²) in [5.41, 5.74) is 0.799. The Bertz CT molecular complexity index is 425. The zero-order chi connectivity index (χ0) is 9.97. The quantitative estimate of drug-likeness (QED) is 0.671. The molecule has 0 aliphatic carbocycles. The van der Waals surface area contributed by atoms with Crippen LogP contribution in [0.15, 0.2) is 18.6 Å². The molecule has 0 amide bonds. The Morgan fingerprint density at radius 3 is 3.21 bits per heavy atom. The summed E-state index contributed by atoms with van der Waals surface area (Å²) < 4.78 is 0. The van der Waals surface area contributed by atoms with Gasteiger partial charge in [-0.25, -0.2) is 9.97 Å². The van der Waals surface area contributed by atoms with Gasteiger partial charge in [0.05, 0.1) is 12.0 Å². The van der Waals surface area contributed by atoms with Crippen molar-refractivity contribution in [3.8, 4) is 0 Å². The highest BCUT2D eigenvalue weighted by atomic mass is 16.3. The standard InChI is InChI=1S/C9H12N4O/c1-6(4-14)13-9-7-2-3-10-8(7)11-5-12-9/h2-3,5-6,14H,4H2,1H3,(H2,10,11,12,13)/t6-/m0/s1. The lowest BCUT2D eigenvalue weighted by Gasteiger charge is -2.11. The highest BCUT2D eigenvalue weighted by Crippen LogP contribution is 2.17. The lowest BCUT2D eigenvalue weighted by Crippen LogP contribution is -2.20. The van der Waals surface area contributed by atoms with Crippen molar-refractivity contribution in [1.82, 2.24) is 15.0 Å². The average molecular weight is 192 g/mol. The number of aromatic nitrogens is 3. The number of nitrogens with zero attached hydrogens (tertiary/aromatic N) is 2. The number of nitrogens with one attached hydrogen (secondary N) is 2. The van der Waals surface area contributed by atoms with Gasteiger partial charge in [-0.2, -0.15) is 0 Å². The second kappa shape index (κ2) is 3.63. The Labute approximate surface area is 81.2 Å². The molecule has 0 fully saturated rings. The van der Waals surface area contributed by atoms with Crippen molar-refractivity contribution < 1.29 is 5.11 Å². The topological polar surface area (TPSA) is 73.8 Å². The van der Waals surface area contributed by atoms with Gasteiger partial charge in [0.15, 0.2) is 0 Å². The molecule has 0 saturated heterocycles. The van der Waals surface area contributed by atoms with E-state index in [-0.39, 0.29) is 12.6 Å². The van der Waals surface area contributed by atoms with E-state index in [1.165, 1.54) is 6.33 Å². The summed E-state index contributed by atoms with van der Waals surface area (Å²) >= 11 is 0. The first-order chi connectivity index (χ1) is 6.81. The molecule has 0 bridgehead atoms. The predicted octanol–water partition coefficient (Wildman–Crippen LogP) is 0.751. The summed E-state index contributed by atoms with van der Waals surface area (Å²) in [6.07, 6.45) is 3.30. The lowest BCUT2D eigenvalue weighted by atomic mass is 10.3. The fourth-order valence-electron chi connectivity index (χ4n) is 1.27. The molecule has 2 heterocycles. The van der Waals surface area contributed by atoms with Crippen LogP contribution >= 0.6 is 0 Å². The fraction of sp³-hybridized carbons (Fsp3) is 0.333. The molecule has 2 aromatic heterocycles. The van der Waals surface area contributed by atoms with Gasteiger partial charge in [-0.05, 0) is 13.0 Å². The summed E-state index contributed by atoms with van der Waals surface area (Å²) in [6, 6.07) is 1.89. The van der Waals surface area contributed by atoms with Gasteiger partial charge in [0.25, 0.3) is 0 Å². The third-order valence-electron chi connectivity index (χ3n) is 2.01. The molecule has 1 atom stereocenters. The maximum Gasteiger partial charge on any atom is 0.142 e. The smallest absolute Gasteiger partial charge is 0.142 e. The van der Waals surface area contributed by atoms with Gasteiger partial charge >= 0.3 is 0 Å². The first-order valence-electron chi connectivity index (χ1n) is 4.46. The summed E-state index contributed by atoms with van der Waals surface area (Å²) in [5.74, 6) is 0.748. The molecule has 74 valence electrons. The molecule has 2 rings (SSSR count). The van der Waals surface area contributed by atoms with Crippen molar-refractivity contribution in [2.75, 3.05) is 11.9 Å². The number of rotatable bonds is 3. The number of anilines is 1. The molecule has 0 radical (unpaired) electrons. The predicted molar refractivity (Wildman–Crippen MR) is 54.1 cm³/mol. The van der Waals surface area contributed by atoms with Crippen LogP contribution in [0, 0.1) is 0 Å². The van der Waals surface area contributed by atoms with Crippen LogP contribution in [0.1, 0.15) is 6.92 Å². The molecule has 0 unspecified atom stereocenters. The van der Waals surface area contributed by atoms with Crippen molar-refractivity contribution in [2.45, 2.75) is 13.0 Å². The second-order valence-electron chi connectivity index (χ2n) is 3.19. The van der Waals surface area contributed by atoms with E-state index in [0.717, 1.165) is 16.9 Å². The van der Waals surface area contributed by atoms with E-state index >= 15 is 0 Å². The van der Waals surface area contributed by atoms with Crippen LogP contribution in [-0.4, -0.2) is 32.7 Å². The van der Waals surface area contributed by atoms with Gasteiger partial charge in [-0.1, -0.05) is 0 Å². The normalized spacial score (nSPS) is 13.0. The van der Waals surface area contributed by atoms with Gasteiger partial charge < -0.3 is 15.4 Å². The first kappa shape index (κ1) is 8.96. The van der Waals surface area contributed by atoms with Gasteiger partial charge in [0.2, 0.25) is 0 Å². The SMILES string of the molecule is C[C@@H](CO)Nc1ncnc2[nH]ccc12. The number of aromatic amines is 1. The van der Waals surface area contributed by atoms with Gasteiger partial charge in [0, 0.05) is 12.2 Å². The number of H-pyrrole nitrogens is 1. The third kappa shape index (κ3) is 1.54. The van der Waals surface area contributed by atoms with Crippen LogP contribution in [-0.2, 0) is 0 Å². The average Bonchev–Trinajstić information content (AvgIpc) is 2.66. The number of hydrogen-bond donors (Lipinski definition) is 3. The summed E-state index contributed by atoms with van der Waals surface area (Å²) in [7, 11) is 0. The zero-order valence-corrected chi connectivity index (χ0v) is 7.86. The van der Waals surface area contributed by atoms with Gasteiger partial charge in [0.1, 0.15) is 17.8 Å². The molecule has 0 aliphatic heterocycles. The minimum Gasteiger partial charge on any atom is -0.394 e. The van der Waals surface area contributed by atoms with Crippen molar-refractivity contribution >= 4 is 16.9 Å². The molecular weight excluding hydrogens is 180 g/mol. The second-order valence-corrected chi connectivity index (χ2v) is 3.19. The van der Waals surface area contributed by atoms with Gasteiger partial charge in [-0.15, -0.1) is 0 Å². The fourth-order valence-corrected chi connectivity index (χ4v) is 1.27. The molecule has 14 heavy (non-hydrogen) atoms. The number of hydrogen-bond acceptors (Lipinski definition) is 4. The van der Waals surface area contributed by atoms with Crippen LogP contribution in [0.2, 0.25) is 0 Å². The molecule has 0 saturated carbocycles. The van der Waals surface area contributed by atoms with Crippen LogP contribution in [0.5, 0.6) is 0 Å². The first-order valence-corrected chi connectivity index (χ1v) is 4.46. The molecule has 5 heteroatoms. The minimum atomic E-state index is -0.0111. The largest absolute Gasteiger partial charge is 0.394 e. The number of aliphatic hydroxyl groups is 1. The summed E-state index contributed by atoms with van der Waals surface area (Å²) in [6.45, 7) is 1.97. The van der Waals surface area contributed by atoms with Crippen LogP contribution in [0.4, 0.5) is 5.82 Å².